The summed E-state index contributed by atoms with van der Waals surface area (Å²) in [4.78, 5) is 33.7. The Bertz CT molecular complexity index is 1670. The van der Waals surface area contributed by atoms with Crippen molar-refractivity contribution in [1.29, 1.82) is 0 Å². The first-order chi connectivity index (χ1) is 18.5. The zero-order chi connectivity index (χ0) is 26.1. The maximum Gasteiger partial charge on any atom is 0.432 e. The van der Waals surface area contributed by atoms with Crippen LogP contribution in [0.15, 0.2) is 72.9 Å². The molecule has 0 atom stereocenters. The summed E-state index contributed by atoms with van der Waals surface area (Å²) >= 11 is 0. The molecule has 1 aliphatic heterocycles. The molecule has 1 saturated heterocycles. The molecule has 5 aromatic rings. The van der Waals surface area contributed by atoms with Gasteiger partial charge in [0.2, 0.25) is 5.91 Å². The number of rotatable bonds is 5. The maximum absolute atomic E-state index is 12.8. The molecule has 0 bridgehead atoms. The van der Waals surface area contributed by atoms with Crippen LogP contribution in [0.25, 0.3) is 33.2 Å². The molecule has 6 rings (SSSR count). The van der Waals surface area contributed by atoms with E-state index in [1.54, 1.807) is 12.1 Å². The van der Waals surface area contributed by atoms with E-state index in [0.29, 0.717) is 28.2 Å². The Morgan fingerprint density at radius 2 is 1.79 bits per heavy atom. The van der Waals surface area contributed by atoms with Gasteiger partial charge in [-0.1, -0.05) is 24.3 Å². The minimum absolute atomic E-state index is 0.00701. The first kappa shape index (κ1) is 23.6. The van der Waals surface area contributed by atoms with Crippen LogP contribution in [0.3, 0.4) is 0 Å². The Morgan fingerprint density at radius 1 is 0.947 bits per heavy atom. The second-order valence-corrected chi connectivity index (χ2v) is 9.24. The Labute approximate surface area is 217 Å². The highest BCUT2D eigenvalue weighted by Crippen LogP contribution is 2.30. The third kappa shape index (κ3) is 4.64. The molecule has 10 nitrogen and oxygen atoms in total. The molecule has 3 aromatic carbocycles. The van der Waals surface area contributed by atoms with Gasteiger partial charge in [0.05, 0.1) is 17.2 Å². The molecule has 0 unspecified atom stereocenters. The molecular formula is C28H25N7O3. The van der Waals surface area contributed by atoms with Crippen LogP contribution in [-0.4, -0.2) is 49.9 Å². The quantitative estimate of drug-likeness (QED) is 0.265. The highest BCUT2D eigenvalue weighted by atomic mass is 16.4. The van der Waals surface area contributed by atoms with Gasteiger partial charge >= 0.3 is 6.09 Å². The average Bonchev–Trinajstić information content (AvgIpc) is 3.37. The number of amides is 1. The van der Waals surface area contributed by atoms with E-state index in [2.05, 4.69) is 21.0 Å². The van der Waals surface area contributed by atoms with Crippen LogP contribution in [0.2, 0.25) is 0 Å². The molecule has 4 N–H and O–H groups in total. The van der Waals surface area contributed by atoms with Crippen molar-refractivity contribution in [3.05, 3.63) is 72.9 Å². The van der Waals surface area contributed by atoms with E-state index in [4.69, 9.17) is 9.97 Å². The largest absolute Gasteiger partial charge is 0.463 e. The van der Waals surface area contributed by atoms with Gasteiger partial charge in [0.1, 0.15) is 5.82 Å². The third-order valence-electron chi connectivity index (χ3n) is 6.71. The summed E-state index contributed by atoms with van der Waals surface area (Å²) in [7, 11) is 0. The predicted octanol–water partition coefficient (Wildman–Crippen LogP) is 4.85. The van der Waals surface area contributed by atoms with Gasteiger partial charge in [0, 0.05) is 33.6 Å². The summed E-state index contributed by atoms with van der Waals surface area (Å²) in [5, 5.41) is 24.5. The second kappa shape index (κ2) is 9.91. The average molecular weight is 508 g/mol. The van der Waals surface area contributed by atoms with Gasteiger partial charge in [-0.05, 0) is 68.4 Å². The fraction of sp³-hybridized carbons (Fsp3) is 0.179. The zero-order valence-corrected chi connectivity index (χ0v) is 20.4. The molecule has 3 heterocycles. The number of benzene rings is 3. The van der Waals surface area contributed by atoms with Gasteiger partial charge in [-0.3, -0.25) is 4.79 Å². The van der Waals surface area contributed by atoms with Gasteiger partial charge in [-0.15, -0.1) is 0 Å². The van der Waals surface area contributed by atoms with Crippen molar-refractivity contribution >= 4 is 51.0 Å². The van der Waals surface area contributed by atoms with Crippen molar-refractivity contribution in [2.75, 3.05) is 23.7 Å². The first-order valence-corrected chi connectivity index (χ1v) is 12.4. The van der Waals surface area contributed by atoms with Crippen LogP contribution in [0.1, 0.15) is 12.8 Å². The van der Waals surface area contributed by atoms with E-state index in [9.17, 15) is 14.7 Å². The van der Waals surface area contributed by atoms with Gasteiger partial charge in [-0.25, -0.2) is 14.8 Å². The molecule has 38 heavy (non-hydrogen) atoms. The Morgan fingerprint density at radius 3 is 2.63 bits per heavy atom. The van der Waals surface area contributed by atoms with Gasteiger partial charge in [-0.2, -0.15) is 9.78 Å². The summed E-state index contributed by atoms with van der Waals surface area (Å²) in [5.41, 5.74) is 3.49. The number of nitrogens with one attached hydrogen (secondary N) is 3. The third-order valence-corrected chi connectivity index (χ3v) is 6.71. The first-order valence-electron chi connectivity index (χ1n) is 12.4. The van der Waals surface area contributed by atoms with Crippen molar-refractivity contribution in [3.63, 3.8) is 0 Å². The number of carbonyl (C=O) groups excluding carboxylic acids is 1. The SMILES string of the molecule is O=C(Nc1cccc(-c2nc(Nc3ccc4c(cnn4C(=O)O)c3)c3ccccc3n2)c1)C1CCNCC1. The molecule has 0 spiro atoms. The van der Waals surface area contributed by atoms with Crippen molar-refractivity contribution < 1.29 is 14.7 Å². The van der Waals surface area contributed by atoms with Crippen molar-refractivity contribution in [3.8, 4) is 11.4 Å². The normalized spacial score (nSPS) is 14.0. The number of carboxylic acid groups (broad SMARTS) is 1. The minimum Gasteiger partial charge on any atom is -0.463 e. The zero-order valence-electron chi connectivity index (χ0n) is 20.4. The minimum atomic E-state index is -1.14. The van der Waals surface area contributed by atoms with E-state index in [1.807, 2.05) is 54.6 Å². The summed E-state index contributed by atoms with van der Waals surface area (Å²) in [5.74, 6) is 1.17. The lowest BCUT2D eigenvalue weighted by atomic mass is 9.97. The Hall–Kier alpha value is -4.83. The van der Waals surface area contributed by atoms with Crippen molar-refractivity contribution in [1.82, 2.24) is 25.1 Å². The number of aromatic nitrogens is 4. The molecular weight excluding hydrogens is 482 g/mol. The van der Waals surface area contributed by atoms with E-state index in [0.717, 1.165) is 52.8 Å². The van der Waals surface area contributed by atoms with Crippen LogP contribution in [0.5, 0.6) is 0 Å². The highest BCUT2D eigenvalue weighted by Gasteiger charge is 2.21. The fourth-order valence-corrected chi connectivity index (χ4v) is 4.77. The highest BCUT2D eigenvalue weighted by molar-refractivity contribution is 5.95. The molecule has 190 valence electrons. The number of hydrogen-bond donors (Lipinski definition) is 4. The molecule has 2 aromatic heterocycles. The summed E-state index contributed by atoms with van der Waals surface area (Å²) in [6.45, 7) is 1.71. The summed E-state index contributed by atoms with van der Waals surface area (Å²) in [6.07, 6.45) is 2.04. The van der Waals surface area contributed by atoms with E-state index in [-0.39, 0.29) is 11.8 Å². The molecule has 1 aliphatic rings. The smallest absolute Gasteiger partial charge is 0.432 e. The van der Waals surface area contributed by atoms with Crippen molar-refractivity contribution in [2.24, 2.45) is 5.92 Å². The lowest BCUT2D eigenvalue weighted by molar-refractivity contribution is -0.120. The van der Waals surface area contributed by atoms with Crippen LogP contribution in [-0.2, 0) is 4.79 Å². The number of hydrogen-bond acceptors (Lipinski definition) is 7. The second-order valence-electron chi connectivity index (χ2n) is 9.24. The number of piperidine rings is 1. The van der Waals surface area contributed by atoms with Crippen LogP contribution in [0, 0.1) is 5.92 Å². The fourth-order valence-electron chi connectivity index (χ4n) is 4.77. The maximum atomic E-state index is 12.8. The molecule has 0 radical (unpaired) electrons. The Balaban J connectivity index is 1.32. The van der Waals surface area contributed by atoms with Crippen LogP contribution < -0.4 is 16.0 Å². The summed E-state index contributed by atoms with van der Waals surface area (Å²) < 4.78 is 0.939. The van der Waals surface area contributed by atoms with Gasteiger partial charge in [0.25, 0.3) is 0 Å². The number of carbonyl (C=O) groups is 2. The molecule has 1 amide bonds. The van der Waals surface area contributed by atoms with E-state index >= 15 is 0 Å². The predicted molar refractivity (Wildman–Crippen MR) is 146 cm³/mol. The van der Waals surface area contributed by atoms with Crippen LogP contribution in [0.4, 0.5) is 22.0 Å². The molecule has 1 fully saturated rings. The van der Waals surface area contributed by atoms with E-state index < -0.39 is 6.09 Å². The number of anilines is 3. The van der Waals surface area contributed by atoms with Gasteiger partial charge in [0.15, 0.2) is 5.82 Å². The van der Waals surface area contributed by atoms with Gasteiger partial charge < -0.3 is 21.1 Å². The number of fused-ring (bicyclic) bond motifs is 2. The molecule has 0 saturated carbocycles. The van der Waals surface area contributed by atoms with Crippen molar-refractivity contribution in [2.45, 2.75) is 12.8 Å². The standard InChI is InChI=1S/C28H25N7O3/c36-27(17-10-12-29-13-11-17)32-20-5-3-4-18(14-20)25-33-23-7-2-1-6-22(23)26(34-25)31-21-8-9-24-19(15-21)16-30-35(24)28(37)38/h1-9,14-17,29H,10-13H2,(H,32,36)(H,37,38)(H,31,33,34). The molecule has 0 aliphatic carbocycles. The van der Waals surface area contributed by atoms with Crippen LogP contribution >= 0.6 is 0 Å². The summed E-state index contributed by atoms with van der Waals surface area (Å²) in [6, 6.07) is 20.6. The topological polar surface area (TPSA) is 134 Å². The Kier molecular flexibility index (Phi) is 6.14. The monoisotopic (exact) mass is 507 g/mol. The molecule has 10 heteroatoms. The van der Waals surface area contributed by atoms with E-state index in [1.165, 1.54) is 6.20 Å². The number of para-hydroxylation sites is 1. The lowest BCUT2D eigenvalue weighted by Crippen LogP contribution is -2.34. The number of nitrogens with zero attached hydrogens (tertiary/aromatic N) is 4. The lowest BCUT2D eigenvalue weighted by Gasteiger charge is -2.21.